The van der Waals surface area contributed by atoms with E-state index in [0.717, 1.165) is 16.8 Å². The van der Waals surface area contributed by atoms with Gasteiger partial charge in [0, 0.05) is 12.2 Å². The van der Waals surface area contributed by atoms with Crippen molar-refractivity contribution in [2.45, 2.75) is 39.3 Å². The lowest BCUT2D eigenvalue weighted by molar-refractivity contribution is 0.251. The van der Waals surface area contributed by atoms with Crippen molar-refractivity contribution in [2.75, 3.05) is 5.32 Å². The molecule has 2 rings (SSSR count). The van der Waals surface area contributed by atoms with Gasteiger partial charge in [0.25, 0.3) is 0 Å². The average Bonchev–Trinajstić information content (AvgIpc) is 2.53. The van der Waals surface area contributed by atoms with Gasteiger partial charge in [-0.2, -0.15) is 0 Å². The van der Waals surface area contributed by atoms with Crippen LogP contribution in [0.15, 0.2) is 48.5 Å². The normalized spacial score (nSPS) is 11.1. The van der Waals surface area contributed by atoms with Gasteiger partial charge in [0.2, 0.25) is 0 Å². The van der Waals surface area contributed by atoms with Crippen molar-refractivity contribution in [3.63, 3.8) is 0 Å². The lowest BCUT2D eigenvalue weighted by Crippen LogP contribution is -2.28. The van der Waals surface area contributed by atoms with E-state index in [0.29, 0.717) is 6.54 Å². The van der Waals surface area contributed by atoms with E-state index in [9.17, 15) is 4.79 Å². The minimum atomic E-state index is -0.236. The van der Waals surface area contributed by atoms with Gasteiger partial charge >= 0.3 is 6.03 Å². The van der Waals surface area contributed by atoms with Crippen LogP contribution in [-0.4, -0.2) is 11.1 Å². The lowest BCUT2D eigenvalue weighted by atomic mass is 9.87. The molecule has 0 atom stereocenters. The van der Waals surface area contributed by atoms with E-state index in [4.69, 9.17) is 5.11 Å². The van der Waals surface area contributed by atoms with Crippen LogP contribution in [0, 0.1) is 0 Å². The molecule has 0 aliphatic heterocycles. The molecule has 4 heteroatoms. The molecule has 0 fully saturated rings. The first-order chi connectivity index (χ1) is 10.9. The fraction of sp³-hybridized carbons (Fsp3) is 0.316. The van der Waals surface area contributed by atoms with Gasteiger partial charge < -0.3 is 15.7 Å². The number of urea groups is 1. The number of aliphatic hydroxyl groups is 1. The van der Waals surface area contributed by atoms with Gasteiger partial charge in [-0.25, -0.2) is 4.79 Å². The number of amides is 2. The van der Waals surface area contributed by atoms with E-state index >= 15 is 0 Å². The number of benzene rings is 2. The van der Waals surface area contributed by atoms with Crippen LogP contribution in [0.5, 0.6) is 0 Å². The zero-order valence-electron chi connectivity index (χ0n) is 13.9. The molecule has 0 saturated carbocycles. The van der Waals surface area contributed by atoms with Crippen LogP contribution < -0.4 is 10.6 Å². The SMILES string of the molecule is CC(C)(C)c1ccc(NC(=O)NCc2ccc(CO)cc2)cc1. The molecule has 2 aromatic carbocycles. The quantitative estimate of drug-likeness (QED) is 0.804. The summed E-state index contributed by atoms with van der Waals surface area (Å²) in [6.45, 7) is 6.94. The van der Waals surface area contributed by atoms with Gasteiger partial charge in [-0.1, -0.05) is 57.2 Å². The Morgan fingerprint density at radius 3 is 2.04 bits per heavy atom. The Balaban J connectivity index is 1.86. The highest BCUT2D eigenvalue weighted by Gasteiger charge is 2.13. The van der Waals surface area contributed by atoms with E-state index in [1.54, 1.807) is 0 Å². The topological polar surface area (TPSA) is 61.4 Å². The first-order valence-corrected chi connectivity index (χ1v) is 7.72. The number of carbonyl (C=O) groups is 1. The molecule has 2 amide bonds. The third-order valence-corrected chi connectivity index (χ3v) is 3.67. The fourth-order valence-electron chi connectivity index (χ4n) is 2.17. The molecule has 0 aliphatic rings. The Hall–Kier alpha value is -2.33. The van der Waals surface area contributed by atoms with Crippen molar-refractivity contribution in [2.24, 2.45) is 0 Å². The number of nitrogens with one attached hydrogen (secondary N) is 2. The molecule has 0 saturated heterocycles. The third-order valence-electron chi connectivity index (χ3n) is 3.67. The van der Waals surface area contributed by atoms with Crippen LogP contribution in [0.4, 0.5) is 10.5 Å². The van der Waals surface area contributed by atoms with E-state index in [1.165, 1.54) is 5.56 Å². The summed E-state index contributed by atoms with van der Waals surface area (Å²) < 4.78 is 0. The van der Waals surface area contributed by atoms with Crippen molar-refractivity contribution in [3.05, 3.63) is 65.2 Å². The van der Waals surface area contributed by atoms with E-state index in [-0.39, 0.29) is 18.1 Å². The number of rotatable bonds is 4. The molecule has 23 heavy (non-hydrogen) atoms. The Morgan fingerprint density at radius 1 is 0.957 bits per heavy atom. The first kappa shape index (κ1) is 17.0. The van der Waals surface area contributed by atoms with E-state index in [2.05, 4.69) is 31.4 Å². The summed E-state index contributed by atoms with van der Waals surface area (Å²) in [5.74, 6) is 0. The van der Waals surface area contributed by atoms with Gasteiger partial charge in [0.05, 0.1) is 6.61 Å². The number of hydrogen-bond donors (Lipinski definition) is 3. The summed E-state index contributed by atoms with van der Waals surface area (Å²) in [6.07, 6.45) is 0. The molecule has 0 unspecified atom stereocenters. The second-order valence-corrected chi connectivity index (χ2v) is 6.61. The monoisotopic (exact) mass is 312 g/mol. The summed E-state index contributed by atoms with van der Waals surface area (Å²) in [4.78, 5) is 11.9. The second-order valence-electron chi connectivity index (χ2n) is 6.61. The maximum absolute atomic E-state index is 11.9. The largest absolute Gasteiger partial charge is 0.392 e. The van der Waals surface area contributed by atoms with Crippen LogP contribution in [0.25, 0.3) is 0 Å². The highest BCUT2D eigenvalue weighted by molar-refractivity contribution is 5.89. The average molecular weight is 312 g/mol. The first-order valence-electron chi connectivity index (χ1n) is 7.72. The van der Waals surface area contributed by atoms with Crippen molar-refractivity contribution in [1.82, 2.24) is 5.32 Å². The Bertz CT molecular complexity index is 641. The van der Waals surface area contributed by atoms with E-state index < -0.39 is 0 Å². The van der Waals surface area contributed by atoms with Crippen molar-refractivity contribution in [3.8, 4) is 0 Å². The summed E-state index contributed by atoms with van der Waals surface area (Å²) in [5, 5.41) is 14.6. The Labute approximate surface area is 137 Å². The molecule has 0 aliphatic carbocycles. The molecule has 0 radical (unpaired) electrons. The number of hydrogen-bond acceptors (Lipinski definition) is 2. The van der Waals surface area contributed by atoms with Crippen LogP contribution in [-0.2, 0) is 18.6 Å². The summed E-state index contributed by atoms with van der Waals surface area (Å²) >= 11 is 0. The van der Waals surface area contributed by atoms with Gasteiger partial charge in [0.15, 0.2) is 0 Å². The maximum Gasteiger partial charge on any atom is 0.319 e. The zero-order valence-corrected chi connectivity index (χ0v) is 13.9. The van der Waals surface area contributed by atoms with Gasteiger partial charge in [-0.3, -0.25) is 0 Å². The highest BCUT2D eigenvalue weighted by atomic mass is 16.3. The Kier molecular flexibility index (Phi) is 5.40. The number of carbonyl (C=O) groups excluding carboxylic acids is 1. The molecule has 2 aromatic rings. The molecular weight excluding hydrogens is 288 g/mol. The predicted molar refractivity (Wildman–Crippen MR) is 93.4 cm³/mol. The molecule has 122 valence electrons. The van der Waals surface area contributed by atoms with Crippen LogP contribution >= 0.6 is 0 Å². The zero-order chi connectivity index (χ0) is 16.9. The molecule has 0 aromatic heterocycles. The predicted octanol–water partition coefficient (Wildman–Crippen LogP) is 3.80. The van der Waals surface area contributed by atoms with Crippen molar-refractivity contribution >= 4 is 11.7 Å². The van der Waals surface area contributed by atoms with Gasteiger partial charge in [-0.15, -0.1) is 0 Å². The molecule has 0 bridgehead atoms. The van der Waals surface area contributed by atoms with Gasteiger partial charge in [0.1, 0.15) is 0 Å². The maximum atomic E-state index is 11.9. The van der Waals surface area contributed by atoms with E-state index in [1.807, 2.05) is 48.5 Å². The van der Waals surface area contributed by atoms with Crippen LogP contribution in [0.2, 0.25) is 0 Å². The van der Waals surface area contributed by atoms with Crippen molar-refractivity contribution < 1.29 is 9.90 Å². The third kappa shape index (κ3) is 5.11. The molecule has 0 spiro atoms. The molecule has 3 N–H and O–H groups in total. The minimum absolute atomic E-state index is 0.0265. The van der Waals surface area contributed by atoms with Crippen LogP contribution in [0.3, 0.4) is 0 Å². The smallest absolute Gasteiger partial charge is 0.319 e. The fourth-order valence-corrected chi connectivity index (χ4v) is 2.17. The highest BCUT2D eigenvalue weighted by Crippen LogP contribution is 2.23. The van der Waals surface area contributed by atoms with Gasteiger partial charge in [-0.05, 0) is 34.2 Å². The summed E-state index contributed by atoms with van der Waals surface area (Å²) in [5.41, 5.74) is 3.94. The standard InChI is InChI=1S/C19H24N2O2/c1-19(2,3)16-8-10-17(11-9-16)21-18(23)20-12-14-4-6-15(13-22)7-5-14/h4-11,22H,12-13H2,1-3H3,(H2,20,21,23). The second kappa shape index (κ2) is 7.29. The Morgan fingerprint density at radius 2 is 1.52 bits per heavy atom. The molecule has 4 nitrogen and oxygen atoms in total. The summed E-state index contributed by atoms with van der Waals surface area (Å²) in [7, 11) is 0. The van der Waals surface area contributed by atoms with Crippen LogP contribution in [0.1, 0.15) is 37.5 Å². The number of aliphatic hydroxyl groups excluding tert-OH is 1. The molecule has 0 heterocycles. The summed E-state index contributed by atoms with van der Waals surface area (Å²) in [6, 6.07) is 15.1. The lowest BCUT2D eigenvalue weighted by Gasteiger charge is -2.19. The van der Waals surface area contributed by atoms with Crippen molar-refractivity contribution in [1.29, 1.82) is 0 Å². The minimum Gasteiger partial charge on any atom is -0.392 e. The molecular formula is C19H24N2O2. The number of anilines is 1.